The number of nitrogens with zero attached hydrogens (tertiary/aromatic N) is 6. The highest BCUT2D eigenvalue weighted by Crippen LogP contribution is 2.46. The molecule has 1 spiro atoms. The first kappa shape index (κ1) is 26.5. The first-order valence-electron chi connectivity index (χ1n) is 14.6. The van der Waals surface area contributed by atoms with Gasteiger partial charge in [-0.3, -0.25) is 4.79 Å². The van der Waals surface area contributed by atoms with Crippen molar-refractivity contribution in [3.05, 3.63) is 71.1 Å². The van der Waals surface area contributed by atoms with Gasteiger partial charge < -0.3 is 19.4 Å². The third-order valence-electron chi connectivity index (χ3n) is 9.45. The lowest BCUT2D eigenvalue weighted by Gasteiger charge is -2.43. The van der Waals surface area contributed by atoms with E-state index in [0.29, 0.717) is 44.0 Å². The number of carbonyl (C=O) groups is 1. The summed E-state index contributed by atoms with van der Waals surface area (Å²) in [6, 6.07) is 11.8. The Morgan fingerprint density at radius 1 is 1.18 bits per heavy atom. The Labute approximate surface area is 237 Å². The molecule has 0 bridgehead atoms. The molecule has 1 amide bonds. The van der Waals surface area contributed by atoms with E-state index in [1.165, 1.54) is 41.7 Å². The number of hydrogen-bond acceptors (Lipinski definition) is 7. The van der Waals surface area contributed by atoms with Crippen LogP contribution >= 0.6 is 0 Å². The molecule has 40 heavy (non-hydrogen) atoms. The molecule has 3 heterocycles. The second kappa shape index (κ2) is 11.1. The van der Waals surface area contributed by atoms with Crippen molar-refractivity contribution in [2.75, 3.05) is 44.7 Å². The molecule has 1 aromatic heterocycles. The number of allylic oxidation sites excluding steroid dienone is 1. The van der Waals surface area contributed by atoms with Crippen LogP contribution in [0.1, 0.15) is 48.1 Å². The van der Waals surface area contributed by atoms with Gasteiger partial charge in [0.25, 0.3) is 0 Å². The molecule has 8 nitrogen and oxygen atoms in total. The van der Waals surface area contributed by atoms with Crippen LogP contribution in [0.25, 0.3) is 0 Å². The Hall–Kier alpha value is -3.70. The van der Waals surface area contributed by atoms with Gasteiger partial charge >= 0.3 is 6.01 Å². The summed E-state index contributed by atoms with van der Waals surface area (Å²) in [5, 5.41) is 9.43. The van der Waals surface area contributed by atoms with Crippen LogP contribution < -0.4 is 9.64 Å². The molecule has 8 heteroatoms. The maximum Gasteiger partial charge on any atom is 0.318 e. The van der Waals surface area contributed by atoms with E-state index in [1.807, 2.05) is 0 Å². The molecule has 0 radical (unpaired) electrons. The topological polar surface area (TPSA) is 85.6 Å². The molecule has 2 atom stereocenters. The summed E-state index contributed by atoms with van der Waals surface area (Å²) in [5.74, 6) is 0.704. The first-order valence-corrected chi connectivity index (χ1v) is 14.6. The number of piperazine rings is 1. The fourth-order valence-electron chi connectivity index (χ4n) is 7.11. The quantitative estimate of drug-likeness (QED) is 0.422. The van der Waals surface area contributed by atoms with Crippen molar-refractivity contribution in [2.24, 2.45) is 5.41 Å². The Balaban J connectivity index is 1.32. The fourth-order valence-corrected chi connectivity index (χ4v) is 7.11. The van der Waals surface area contributed by atoms with E-state index in [1.54, 1.807) is 4.90 Å². The lowest BCUT2D eigenvalue weighted by Crippen LogP contribution is -2.47. The van der Waals surface area contributed by atoms with Crippen LogP contribution in [0.15, 0.2) is 48.7 Å². The first-order chi connectivity index (χ1) is 19.5. The molecule has 208 valence electrons. The summed E-state index contributed by atoms with van der Waals surface area (Å²) in [4.78, 5) is 28.7. The lowest BCUT2D eigenvalue weighted by molar-refractivity contribution is -0.124. The van der Waals surface area contributed by atoms with E-state index in [-0.39, 0.29) is 11.3 Å². The average Bonchev–Trinajstić information content (AvgIpc) is 3.39. The number of anilines is 1. The SMILES string of the molecule is C=CC(=O)N1CCN(c2nc(OC[C@@H]3CCCN3C)nc3c2CC[C@]2(CCc4ccccc4C2)C3)C/C1=C\C#N. The molecule has 0 N–H and O–H groups in total. The summed E-state index contributed by atoms with van der Waals surface area (Å²) in [6.07, 6.45) is 11.4. The number of aryl methyl sites for hydroxylation is 1. The Kier molecular flexibility index (Phi) is 7.33. The minimum absolute atomic E-state index is 0.185. The summed E-state index contributed by atoms with van der Waals surface area (Å²) in [5.41, 5.74) is 6.11. The van der Waals surface area contributed by atoms with Crippen LogP contribution in [0.5, 0.6) is 6.01 Å². The number of amides is 1. The number of likely N-dealkylation sites (N-methyl/N-ethyl adjacent to an activating group) is 1. The van der Waals surface area contributed by atoms with E-state index in [0.717, 1.165) is 56.6 Å². The number of benzene rings is 1. The van der Waals surface area contributed by atoms with Crippen molar-refractivity contribution in [1.29, 1.82) is 5.26 Å². The monoisotopic (exact) mass is 538 g/mol. The molecule has 2 saturated heterocycles. The number of nitriles is 1. The molecule has 0 unspecified atom stereocenters. The van der Waals surface area contributed by atoms with Gasteiger partial charge in [-0.05, 0) is 87.6 Å². The normalized spacial score (nSPS) is 25.4. The van der Waals surface area contributed by atoms with E-state index in [9.17, 15) is 10.1 Å². The van der Waals surface area contributed by atoms with Gasteiger partial charge in [0.2, 0.25) is 5.91 Å². The zero-order valence-corrected chi connectivity index (χ0v) is 23.4. The van der Waals surface area contributed by atoms with Crippen LogP contribution in [-0.4, -0.2) is 71.6 Å². The second-order valence-electron chi connectivity index (χ2n) is 11.8. The predicted molar refractivity (Wildman–Crippen MR) is 154 cm³/mol. The van der Waals surface area contributed by atoms with E-state index in [2.05, 4.69) is 53.8 Å². The summed E-state index contributed by atoms with van der Waals surface area (Å²) >= 11 is 0. The largest absolute Gasteiger partial charge is 0.462 e. The molecule has 2 aliphatic heterocycles. The highest BCUT2D eigenvalue weighted by molar-refractivity contribution is 5.88. The zero-order valence-electron chi connectivity index (χ0n) is 23.4. The van der Waals surface area contributed by atoms with Gasteiger partial charge in [-0.25, -0.2) is 0 Å². The molecule has 2 fully saturated rings. The highest BCUT2D eigenvalue weighted by atomic mass is 16.5. The van der Waals surface area contributed by atoms with Crippen LogP contribution in [0.4, 0.5) is 5.82 Å². The van der Waals surface area contributed by atoms with Crippen molar-refractivity contribution in [2.45, 2.75) is 57.4 Å². The third-order valence-corrected chi connectivity index (χ3v) is 9.45. The smallest absolute Gasteiger partial charge is 0.318 e. The van der Waals surface area contributed by atoms with Gasteiger partial charge in [0, 0.05) is 30.8 Å². The number of aromatic nitrogens is 2. The van der Waals surface area contributed by atoms with E-state index in [4.69, 9.17) is 14.7 Å². The zero-order chi connectivity index (χ0) is 27.7. The van der Waals surface area contributed by atoms with Gasteiger partial charge in [-0.2, -0.15) is 15.2 Å². The molecule has 0 saturated carbocycles. The van der Waals surface area contributed by atoms with Crippen LogP contribution in [0.3, 0.4) is 0 Å². The maximum absolute atomic E-state index is 12.5. The molecule has 6 rings (SSSR count). The van der Waals surface area contributed by atoms with E-state index < -0.39 is 0 Å². The summed E-state index contributed by atoms with van der Waals surface area (Å²) in [6.45, 7) is 6.83. The standard InChI is InChI=1S/C32H38N6O2/c1-3-29(39)38-18-17-37(21-25(38)12-15-33)30-27-11-14-32(13-10-23-7-4-5-8-24(23)19-32)20-28(27)34-31(35-30)40-22-26-9-6-16-36(26)2/h3-5,7-8,12,26H,1,6,9-11,13-14,16-22H2,2H3/b25-12+/t26-,32-/m0/s1. The van der Waals surface area contributed by atoms with Crippen molar-refractivity contribution >= 4 is 11.7 Å². The summed E-state index contributed by atoms with van der Waals surface area (Å²) < 4.78 is 6.31. The van der Waals surface area contributed by atoms with Crippen LogP contribution in [0, 0.1) is 16.7 Å². The molecule has 2 aromatic rings. The number of carbonyl (C=O) groups excluding carboxylic acids is 1. The predicted octanol–water partition coefficient (Wildman–Crippen LogP) is 3.86. The van der Waals surface area contributed by atoms with Gasteiger partial charge in [0.05, 0.1) is 24.0 Å². The fraction of sp³-hybridized carbons (Fsp3) is 0.500. The molecular formula is C32H38N6O2. The molecule has 2 aliphatic carbocycles. The van der Waals surface area contributed by atoms with Crippen molar-refractivity contribution in [3.63, 3.8) is 0 Å². The van der Waals surface area contributed by atoms with Crippen molar-refractivity contribution in [3.8, 4) is 12.1 Å². The summed E-state index contributed by atoms with van der Waals surface area (Å²) in [7, 11) is 2.15. The van der Waals surface area contributed by atoms with Gasteiger partial charge in [0.1, 0.15) is 12.4 Å². The number of likely N-dealkylation sites (tertiary alicyclic amines) is 1. The Morgan fingerprint density at radius 3 is 2.77 bits per heavy atom. The number of rotatable bonds is 5. The third kappa shape index (κ3) is 5.11. The van der Waals surface area contributed by atoms with Crippen molar-refractivity contribution in [1.82, 2.24) is 19.8 Å². The second-order valence-corrected chi connectivity index (χ2v) is 11.8. The Morgan fingerprint density at radius 2 is 2.00 bits per heavy atom. The van der Waals surface area contributed by atoms with Gasteiger partial charge in [-0.15, -0.1) is 0 Å². The number of hydrogen-bond donors (Lipinski definition) is 0. The van der Waals surface area contributed by atoms with E-state index >= 15 is 0 Å². The molecule has 1 aromatic carbocycles. The highest BCUT2D eigenvalue weighted by Gasteiger charge is 2.40. The van der Waals surface area contributed by atoms with Gasteiger partial charge in [-0.1, -0.05) is 30.8 Å². The van der Waals surface area contributed by atoms with Crippen LogP contribution in [-0.2, 0) is 30.5 Å². The lowest BCUT2D eigenvalue weighted by atomic mass is 9.63. The van der Waals surface area contributed by atoms with Gasteiger partial charge in [0.15, 0.2) is 0 Å². The minimum Gasteiger partial charge on any atom is -0.462 e. The Bertz CT molecular complexity index is 1380. The van der Waals surface area contributed by atoms with Crippen LogP contribution in [0.2, 0.25) is 0 Å². The number of ether oxygens (including phenoxy) is 1. The molecular weight excluding hydrogens is 500 g/mol. The van der Waals surface area contributed by atoms with Crippen molar-refractivity contribution < 1.29 is 9.53 Å². The average molecular weight is 539 g/mol. The number of fused-ring (bicyclic) bond motifs is 2. The maximum atomic E-state index is 12.5. The molecule has 4 aliphatic rings. The minimum atomic E-state index is -0.185.